The average Bonchev–Trinajstić information content (AvgIpc) is 2.86. The summed E-state index contributed by atoms with van der Waals surface area (Å²) in [6.45, 7) is 4.20. The van der Waals surface area contributed by atoms with E-state index in [-0.39, 0.29) is 4.90 Å². The van der Waals surface area contributed by atoms with Gasteiger partial charge < -0.3 is 9.73 Å². The van der Waals surface area contributed by atoms with E-state index in [0.29, 0.717) is 12.3 Å². The van der Waals surface area contributed by atoms with E-state index >= 15 is 0 Å². The van der Waals surface area contributed by atoms with Crippen molar-refractivity contribution < 1.29 is 12.8 Å². The van der Waals surface area contributed by atoms with Crippen LogP contribution in [0.3, 0.4) is 0 Å². The molecule has 1 aromatic carbocycles. The van der Waals surface area contributed by atoms with E-state index in [0.717, 1.165) is 11.3 Å². The second-order valence-corrected chi connectivity index (χ2v) is 6.68. The highest BCUT2D eigenvalue weighted by atomic mass is 32.2. The number of aryl methyl sites for hydroxylation is 1. The molecule has 0 saturated carbocycles. The fraction of sp³-hybridized carbons (Fsp3) is 0.333. The molecule has 0 saturated heterocycles. The molecule has 21 heavy (non-hydrogen) atoms. The Hall–Kier alpha value is -1.63. The quantitative estimate of drug-likeness (QED) is 0.859. The van der Waals surface area contributed by atoms with Crippen LogP contribution in [0.1, 0.15) is 30.0 Å². The number of rotatable bonds is 6. The molecule has 1 heterocycles. The third kappa shape index (κ3) is 3.93. The van der Waals surface area contributed by atoms with Crippen LogP contribution in [0, 0.1) is 6.92 Å². The van der Waals surface area contributed by atoms with Crippen molar-refractivity contribution in [2.24, 2.45) is 0 Å². The van der Waals surface area contributed by atoms with Gasteiger partial charge in [0.1, 0.15) is 11.5 Å². The highest BCUT2D eigenvalue weighted by Gasteiger charge is 2.20. The van der Waals surface area contributed by atoms with Crippen LogP contribution in [-0.4, -0.2) is 15.5 Å². The maximum absolute atomic E-state index is 12.4. The normalized spacial score (nSPS) is 13.3. The smallest absolute Gasteiger partial charge is 0.241 e. The highest BCUT2D eigenvalue weighted by Crippen LogP contribution is 2.19. The predicted molar refractivity (Wildman–Crippen MR) is 81.4 cm³/mol. The van der Waals surface area contributed by atoms with Crippen LogP contribution in [-0.2, 0) is 16.6 Å². The van der Waals surface area contributed by atoms with Gasteiger partial charge >= 0.3 is 0 Å². The first-order valence-electron chi connectivity index (χ1n) is 6.74. The number of furan rings is 1. The summed E-state index contributed by atoms with van der Waals surface area (Å²) in [5.41, 5.74) is 0.918. The Morgan fingerprint density at radius 2 is 2.00 bits per heavy atom. The molecule has 1 aromatic heterocycles. The zero-order valence-electron chi connectivity index (χ0n) is 12.4. The lowest BCUT2D eigenvalue weighted by Gasteiger charge is -2.13. The summed E-state index contributed by atoms with van der Waals surface area (Å²) >= 11 is 0. The monoisotopic (exact) mass is 308 g/mol. The van der Waals surface area contributed by atoms with E-state index in [1.165, 1.54) is 0 Å². The average molecular weight is 308 g/mol. The first-order valence-corrected chi connectivity index (χ1v) is 8.23. The van der Waals surface area contributed by atoms with Crippen LogP contribution in [0.25, 0.3) is 0 Å². The van der Waals surface area contributed by atoms with E-state index in [2.05, 4.69) is 10.0 Å². The Kier molecular flexibility index (Phi) is 4.82. The summed E-state index contributed by atoms with van der Waals surface area (Å²) in [6, 6.07) is 10.0. The third-order valence-corrected chi connectivity index (χ3v) is 4.65. The molecular weight excluding hydrogens is 288 g/mol. The summed E-state index contributed by atoms with van der Waals surface area (Å²) < 4.78 is 32.9. The first kappa shape index (κ1) is 15.8. The van der Waals surface area contributed by atoms with Gasteiger partial charge in [0, 0.05) is 6.54 Å². The maximum Gasteiger partial charge on any atom is 0.241 e. The predicted octanol–water partition coefficient (Wildman–Crippen LogP) is 2.35. The van der Waals surface area contributed by atoms with Crippen LogP contribution < -0.4 is 10.0 Å². The highest BCUT2D eigenvalue weighted by molar-refractivity contribution is 7.89. The number of hydrogen-bond acceptors (Lipinski definition) is 4. The van der Waals surface area contributed by atoms with Crippen molar-refractivity contribution >= 4 is 10.0 Å². The van der Waals surface area contributed by atoms with Crippen molar-refractivity contribution in [1.82, 2.24) is 10.0 Å². The molecule has 0 bridgehead atoms. The molecule has 114 valence electrons. The fourth-order valence-corrected chi connectivity index (χ4v) is 3.35. The van der Waals surface area contributed by atoms with E-state index in [4.69, 9.17) is 4.42 Å². The summed E-state index contributed by atoms with van der Waals surface area (Å²) in [5, 5.41) is 3.00. The number of nitrogens with one attached hydrogen (secondary N) is 2. The molecule has 2 aromatic rings. The summed E-state index contributed by atoms with van der Waals surface area (Å²) in [6.07, 6.45) is 0. The Balaban J connectivity index is 2.19. The van der Waals surface area contributed by atoms with Crippen LogP contribution >= 0.6 is 0 Å². The maximum atomic E-state index is 12.4. The molecule has 0 aliphatic carbocycles. The van der Waals surface area contributed by atoms with Gasteiger partial charge in [-0.15, -0.1) is 0 Å². The van der Waals surface area contributed by atoms with Gasteiger partial charge in [0.25, 0.3) is 0 Å². The molecule has 0 spiro atoms. The van der Waals surface area contributed by atoms with Crippen molar-refractivity contribution in [2.45, 2.75) is 31.3 Å². The number of hydrogen-bond donors (Lipinski definition) is 2. The molecule has 0 radical (unpaired) electrons. The van der Waals surface area contributed by atoms with E-state index in [1.54, 1.807) is 31.2 Å². The van der Waals surface area contributed by atoms with E-state index in [1.807, 2.05) is 26.1 Å². The fourth-order valence-electron chi connectivity index (χ4n) is 2.07. The lowest BCUT2D eigenvalue weighted by molar-refractivity contribution is 0.441. The van der Waals surface area contributed by atoms with Gasteiger partial charge in [-0.25, -0.2) is 13.1 Å². The van der Waals surface area contributed by atoms with E-state index in [9.17, 15) is 8.42 Å². The summed E-state index contributed by atoms with van der Waals surface area (Å²) in [5.74, 6) is 1.36. The standard InChI is InChI=1S/C15H20N2O3S/c1-11-7-8-15(20-11)12(2)17-21(18,19)14-6-4-5-13(9-14)10-16-3/h4-9,12,16-17H,10H2,1-3H3. The van der Waals surface area contributed by atoms with Crippen LogP contribution in [0.5, 0.6) is 0 Å². The molecule has 2 N–H and O–H groups in total. The van der Waals surface area contributed by atoms with Crippen molar-refractivity contribution in [1.29, 1.82) is 0 Å². The lowest BCUT2D eigenvalue weighted by atomic mass is 10.2. The van der Waals surface area contributed by atoms with Crippen molar-refractivity contribution in [3.63, 3.8) is 0 Å². The largest absolute Gasteiger partial charge is 0.465 e. The minimum absolute atomic E-state index is 0.255. The molecule has 0 aliphatic rings. The topological polar surface area (TPSA) is 71.3 Å². The van der Waals surface area contributed by atoms with E-state index < -0.39 is 16.1 Å². The summed E-state index contributed by atoms with van der Waals surface area (Å²) in [7, 11) is -1.76. The van der Waals surface area contributed by atoms with Gasteiger partial charge in [-0.1, -0.05) is 12.1 Å². The molecule has 0 fully saturated rings. The van der Waals surface area contributed by atoms with Crippen molar-refractivity contribution in [2.75, 3.05) is 7.05 Å². The van der Waals surface area contributed by atoms with Gasteiger partial charge in [-0.3, -0.25) is 0 Å². The molecule has 1 atom stereocenters. The van der Waals surface area contributed by atoms with Crippen molar-refractivity contribution in [3.05, 3.63) is 53.5 Å². The Bertz CT molecular complexity index is 707. The van der Waals surface area contributed by atoms with Crippen LogP contribution in [0.2, 0.25) is 0 Å². The lowest BCUT2D eigenvalue weighted by Crippen LogP contribution is -2.26. The first-order chi connectivity index (χ1) is 9.92. The molecule has 0 amide bonds. The van der Waals surface area contributed by atoms with Crippen LogP contribution in [0.15, 0.2) is 45.7 Å². The zero-order valence-corrected chi connectivity index (χ0v) is 13.2. The van der Waals surface area contributed by atoms with Gasteiger partial charge in [0.05, 0.1) is 10.9 Å². The van der Waals surface area contributed by atoms with Gasteiger partial charge in [-0.2, -0.15) is 0 Å². The zero-order chi connectivity index (χ0) is 15.5. The SMILES string of the molecule is CNCc1cccc(S(=O)(=O)NC(C)c2ccc(C)o2)c1. The molecular formula is C15H20N2O3S. The van der Waals surface area contributed by atoms with Crippen molar-refractivity contribution in [3.8, 4) is 0 Å². The number of sulfonamides is 1. The Labute approximate surface area is 125 Å². The molecule has 0 aliphatic heterocycles. The second kappa shape index (κ2) is 6.43. The van der Waals surface area contributed by atoms with Gasteiger partial charge in [0.2, 0.25) is 10.0 Å². The van der Waals surface area contributed by atoms with Crippen LogP contribution in [0.4, 0.5) is 0 Å². The molecule has 2 rings (SSSR count). The van der Waals surface area contributed by atoms with Gasteiger partial charge in [-0.05, 0) is 50.7 Å². The second-order valence-electron chi connectivity index (χ2n) is 4.97. The Morgan fingerprint density at radius 3 is 2.62 bits per heavy atom. The summed E-state index contributed by atoms with van der Waals surface area (Å²) in [4.78, 5) is 0.255. The molecule has 1 unspecified atom stereocenters. The molecule has 6 heteroatoms. The minimum Gasteiger partial charge on any atom is -0.465 e. The number of benzene rings is 1. The van der Waals surface area contributed by atoms with Gasteiger partial charge in [0.15, 0.2) is 0 Å². The Morgan fingerprint density at radius 1 is 1.24 bits per heavy atom. The molecule has 5 nitrogen and oxygen atoms in total. The minimum atomic E-state index is -3.58. The third-order valence-electron chi connectivity index (χ3n) is 3.11.